The number of hydrogen-bond acceptors (Lipinski definition) is 8. The quantitative estimate of drug-likeness (QED) is 0.111. The van der Waals surface area contributed by atoms with Crippen molar-refractivity contribution < 1.29 is 68.5 Å². The molecule has 2 N–H and O–H groups in total. The number of pyridine rings is 1. The Morgan fingerprint density at radius 3 is 2.02 bits per heavy atom. The van der Waals surface area contributed by atoms with E-state index in [2.05, 4.69) is 26.3 Å². The van der Waals surface area contributed by atoms with Crippen molar-refractivity contribution >= 4 is 74.3 Å². The normalized spacial score (nSPS) is 24.9. The number of nitrogens with zero attached hydrogens (tertiary/aromatic N) is 3. The molecule has 0 spiro atoms. The van der Waals surface area contributed by atoms with Gasteiger partial charge in [-0.3, -0.25) is 24.6 Å². The first-order chi connectivity index (χ1) is 29.4. The van der Waals surface area contributed by atoms with Crippen LogP contribution in [0.15, 0.2) is 83.0 Å². The van der Waals surface area contributed by atoms with Crippen molar-refractivity contribution in [1.29, 1.82) is 0 Å². The van der Waals surface area contributed by atoms with Crippen molar-refractivity contribution in [2.75, 3.05) is 17.4 Å². The second-order valence-electron chi connectivity index (χ2n) is 15.2. The van der Waals surface area contributed by atoms with Crippen molar-refractivity contribution in [3.63, 3.8) is 0 Å². The highest BCUT2D eigenvalue weighted by molar-refractivity contribution is 9.10. The first-order valence-electron chi connectivity index (χ1n) is 18.5. The van der Waals surface area contributed by atoms with Gasteiger partial charge in [-0.25, -0.2) is 9.88 Å². The lowest BCUT2D eigenvalue weighted by Gasteiger charge is -2.50. The molecule has 1 saturated carbocycles. The molecule has 0 bridgehead atoms. The maximum absolute atomic E-state index is 15.4. The van der Waals surface area contributed by atoms with Gasteiger partial charge in [0.05, 0.1) is 62.2 Å². The van der Waals surface area contributed by atoms with E-state index in [1.54, 1.807) is 0 Å². The van der Waals surface area contributed by atoms with Gasteiger partial charge in [0.15, 0.2) is 17.3 Å². The number of amides is 4. The topological polar surface area (TPSA) is 129 Å². The molecule has 0 unspecified atom stereocenters. The monoisotopic (exact) mass is 990 g/mol. The van der Waals surface area contributed by atoms with Crippen LogP contribution in [0.2, 0.25) is 10.0 Å². The number of rotatable bonds is 6. The molecule has 3 aromatic carbocycles. The Balaban J connectivity index is 1.32. The van der Waals surface area contributed by atoms with Gasteiger partial charge in [-0.1, -0.05) is 47.0 Å². The molecular weight excluding hydrogens is 966 g/mol. The van der Waals surface area contributed by atoms with Crippen LogP contribution in [-0.4, -0.2) is 45.8 Å². The van der Waals surface area contributed by atoms with E-state index in [0.717, 1.165) is 0 Å². The lowest BCUT2D eigenvalue weighted by atomic mass is 9.49. The number of phenols is 1. The minimum absolute atomic E-state index is 0.0341. The third kappa shape index (κ3) is 7.08. The number of anilines is 2. The zero-order valence-electron chi connectivity index (χ0n) is 31.6. The molecule has 3 heterocycles. The van der Waals surface area contributed by atoms with Crippen LogP contribution in [0.25, 0.3) is 0 Å². The zero-order valence-corrected chi connectivity index (χ0v) is 34.7. The summed E-state index contributed by atoms with van der Waals surface area (Å²) in [7, 11) is 1.23. The predicted molar refractivity (Wildman–Crippen MR) is 208 cm³/mol. The Morgan fingerprint density at radius 1 is 0.825 bits per heavy atom. The number of aromatic hydroxyl groups is 1. The smallest absolute Gasteiger partial charge is 0.417 e. The van der Waals surface area contributed by atoms with Crippen molar-refractivity contribution in [2.24, 2.45) is 23.7 Å². The van der Waals surface area contributed by atoms with Gasteiger partial charge in [0.25, 0.3) is 11.8 Å². The summed E-state index contributed by atoms with van der Waals surface area (Å²) in [5.41, 5.74) is -4.75. The fraction of sp³-hybridized carbons (Fsp3) is 0.293. The number of allylic oxidation sites excluding steroid dienone is 2. The maximum atomic E-state index is 15.4. The summed E-state index contributed by atoms with van der Waals surface area (Å²) >= 11 is 15.8. The van der Waals surface area contributed by atoms with Crippen LogP contribution in [0.3, 0.4) is 0 Å². The average molecular weight is 992 g/mol. The van der Waals surface area contributed by atoms with Crippen LogP contribution < -0.4 is 15.1 Å². The second-order valence-corrected chi connectivity index (χ2v) is 16.9. The molecule has 3 fully saturated rings. The van der Waals surface area contributed by atoms with E-state index in [9.17, 15) is 59.0 Å². The molecule has 4 amide bonds. The number of hydrazine groups is 1. The highest BCUT2D eigenvalue weighted by atomic mass is 79.9. The molecule has 10 nitrogen and oxygen atoms in total. The van der Waals surface area contributed by atoms with E-state index < -0.39 is 117 Å². The Hall–Kier alpha value is -5.34. The van der Waals surface area contributed by atoms with Crippen molar-refractivity contribution in [1.82, 2.24) is 9.99 Å². The molecule has 0 radical (unpaired) electrons. The third-order valence-electron chi connectivity index (χ3n) is 12.0. The number of imide groups is 2. The number of halogens is 12. The van der Waals surface area contributed by atoms with Gasteiger partial charge >= 0.3 is 18.5 Å². The Bertz CT molecular complexity index is 2630. The van der Waals surface area contributed by atoms with E-state index in [1.165, 1.54) is 49.6 Å². The van der Waals surface area contributed by atoms with E-state index in [4.69, 9.17) is 27.9 Å². The summed E-state index contributed by atoms with van der Waals surface area (Å²) in [6, 6.07) is 9.41. The van der Waals surface area contributed by atoms with E-state index in [0.29, 0.717) is 17.3 Å². The maximum Gasteiger partial charge on any atom is 0.417 e. The first kappa shape index (κ1) is 44.3. The number of carbonyl (C=O) groups is 4. The summed E-state index contributed by atoms with van der Waals surface area (Å²) in [5, 5.41) is 10.9. The standard InChI is InChI=1S/C41H26BrCl2F9N4O6/c1-63-29-9-16(8-27(42)32(29)58)31-23-6-7-24-30(36(61)56(34(24)59)22-11-18(39(45,46)47)10-19(12-22)40(48,49)50)25(23)14-26-35(60)57(37(62)38(26,31)17-2-4-21(43)5-3-17)55-33-28(44)13-20(15-54-33)41(51,52)53/h2-6,8-13,15,24-26,30-31,58H,7,14H2,1H3,(H,54,55)/t24-,25+,26-,30-,31-,38+/m0/s1. The number of carbonyl (C=O) groups excluding carboxylic acids is 4. The fourth-order valence-electron chi connectivity index (χ4n) is 9.40. The van der Waals surface area contributed by atoms with Gasteiger partial charge in [0, 0.05) is 17.1 Å². The molecular formula is C41H26BrCl2F9N4O6. The number of alkyl halides is 9. The molecule has 22 heteroatoms. The third-order valence-corrected chi connectivity index (χ3v) is 13.1. The molecule has 1 aromatic heterocycles. The number of hydrogen-bond donors (Lipinski definition) is 2. The summed E-state index contributed by atoms with van der Waals surface area (Å²) in [6.07, 6.45) is -14.3. The van der Waals surface area contributed by atoms with Gasteiger partial charge in [0.1, 0.15) is 0 Å². The SMILES string of the molecule is COc1cc([C@H]2C3=CC[C@@H]4C(=O)N(c5cc(C(F)(F)F)cc(C(F)(F)F)c5)C(=O)[C@@H]4[C@@H]3C[C@H]3C(=O)N(Nc4ncc(C(F)(F)F)cc4Cl)C(=O)[C@@]23c2ccc(Cl)cc2)cc(Br)c1O. The van der Waals surface area contributed by atoms with Crippen LogP contribution in [0, 0.1) is 23.7 Å². The minimum Gasteiger partial charge on any atom is -0.503 e. The first-order valence-corrected chi connectivity index (χ1v) is 20.0. The number of phenolic OH excluding ortho intramolecular Hbond substituents is 1. The molecule has 2 aliphatic heterocycles. The number of ether oxygens (including phenoxy) is 1. The Labute approximate surface area is 367 Å². The van der Waals surface area contributed by atoms with Gasteiger partial charge in [-0.2, -0.15) is 44.5 Å². The van der Waals surface area contributed by atoms with Crippen molar-refractivity contribution in [3.8, 4) is 11.5 Å². The van der Waals surface area contributed by atoms with Gasteiger partial charge < -0.3 is 9.84 Å². The van der Waals surface area contributed by atoms with Crippen LogP contribution in [0.5, 0.6) is 11.5 Å². The second kappa shape index (κ2) is 15.1. The van der Waals surface area contributed by atoms with Gasteiger partial charge in [0.2, 0.25) is 11.8 Å². The number of methoxy groups -OCH3 is 1. The molecule has 2 saturated heterocycles. The number of benzene rings is 3. The van der Waals surface area contributed by atoms with Crippen LogP contribution >= 0.6 is 39.1 Å². The molecule has 8 rings (SSSR count). The van der Waals surface area contributed by atoms with Crippen molar-refractivity contribution in [2.45, 2.75) is 42.7 Å². The molecule has 330 valence electrons. The lowest BCUT2D eigenvalue weighted by molar-refractivity contribution is -0.143. The van der Waals surface area contributed by atoms with Crippen LogP contribution in [0.1, 0.15) is 46.6 Å². The van der Waals surface area contributed by atoms with Crippen molar-refractivity contribution in [3.05, 3.63) is 121 Å². The molecule has 63 heavy (non-hydrogen) atoms. The summed E-state index contributed by atoms with van der Waals surface area (Å²) in [5.74, 6) is -12.2. The van der Waals surface area contributed by atoms with Gasteiger partial charge in [-0.15, -0.1) is 0 Å². The average Bonchev–Trinajstić information content (AvgIpc) is 3.59. The van der Waals surface area contributed by atoms with Gasteiger partial charge in [-0.05, 0) is 94.3 Å². The highest BCUT2D eigenvalue weighted by Crippen LogP contribution is 2.65. The number of aromatic nitrogens is 1. The molecule has 6 atom stereocenters. The largest absolute Gasteiger partial charge is 0.503 e. The van der Waals surface area contributed by atoms with Crippen LogP contribution in [-0.2, 0) is 43.1 Å². The summed E-state index contributed by atoms with van der Waals surface area (Å²) < 4.78 is 130. The van der Waals surface area contributed by atoms with E-state index in [-0.39, 0.29) is 67.2 Å². The van der Waals surface area contributed by atoms with Crippen LogP contribution in [0.4, 0.5) is 51.0 Å². The number of fused-ring (bicyclic) bond motifs is 4. The Kier molecular flexibility index (Phi) is 10.6. The summed E-state index contributed by atoms with van der Waals surface area (Å²) in [6.45, 7) is 0. The highest BCUT2D eigenvalue weighted by Gasteiger charge is 2.70. The molecule has 2 aliphatic carbocycles. The lowest BCUT2D eigenvalue weighted by Crippen LogP contribution is -2.53. The Morgan fingerprint density at radius 2 is 1.44 bits per heavy atom. The van der Waals surface area contributed by atoms with E-state index >= 15 is 4.79 Å². The zero-order chi connectivity index (χ0) is 45.9. The molecule has 4 aliphatic rings. The van der Waals surface area contributed by atoms with E-state index in [1.807, 2.05) is 0 Å². The minimum atomic E-state index is -5.32. The fourth-order valence-corrected chi connectivity index (χ4v) is 10.2. The predicted octanol–water partition coefficient (Wildman–Crippen LogP) is 10.1. The molecule has 4 aromatic rings. The summed E-state index contributed by atoms with van der Waals surface area (Å²) in [4.78, 5) is 63.0. The number of nitrogens with one attached hydrogen (secondary N) is 1.